The summed E-state index contributed by atoms with van der Waals surface area (Å²) in [5.74, 6) is 0.0722. The number of nitrogens with zero attached hydrogens (tertiary/aromatic N) is 5. The van der Waals surface area contributed by atoms with E-state index in [1.165, 1.54) is 0 Å². The van der Waals surface area contributed by atoms with Crippen molar-refractivity contribution in [3.8, 4) is 11.4 Å². The van der Waals surface area contributed by atoms with Gasteiger partial charge in [-0.25, -0.2) is 4.68 Å². The third-order valence-corrected chi connectivity index (χ3v) is 3.97. The van der Waals surface area contributed by atoms with Gasteiger partial charge in [-0.15, -0.1) is 10.2 Å². The van der Waals surface area contributed by atoms with Crippen LogP contribution in [-0.2, 0) is 0 Å². The number of aryl methyl sites for hydroxylation is 1. The molecule has 0 bridgehead atoms. The molecule has 0 unspecified atom stereocenters. The van der Waals surface area contributed by atoms with Gasteiger partial charge in [0.2, 0.25) is 5.95 Å². The van der Waals surface area contributed by atoms with Gasteiger partial charge in [-0.3, -0.25) is 14.7 Å². The maximum Gasteiger partial charge on any atom is 0.261 e. The van der Waals surface area contributed by atoms with Crippen molar-refractivity contribution in [3.63, 3.8) is 0 Å². The Kier molecular flexibility index (Phi) is 4.03. The highest BCUT2D eigenvalue weighted by atomic mass is 16.1. The monoisotopic (exact) mass is 344 g/mol. The molecule has 7 nitrogen and oxygen atoms in total. The average molecular weight is 344 g/mol. The second-order valence-electron chi connectivity index (χ2n) is 5.72. The normalized spacial score (nSPS) is 10.7. The Morgan fingerprint density at radius 3 is 2.31 bits per heavy atom. The summed E-state index contributed by atoms with van der Waals surface area (Å²) in [5.41, 5.74) is 2.88. The lowest BCUT2D eigenvalue weighted by Gasteiger charge is -2.07. The number of nitrogens with one attached hydrogen (secondary N) is 1. The van der Waals surface area contributed by atoms with Crippen molar-refractivity contribution in [1.29, 1.82) is 0 Å². The lowest BCUT2D eigenvalue weighted by molar-refractivity contribution is 0.102. The molecule has 7 heteroatoms. The number of amides is 1. The van der Waals surface area contributed by atoms with Gasteiger partial charge in [-0.1, -0.05) is 36.4 Å². The first kappa shape index (κ1) is 15.8. The molecule has 26 heavy (non-hydrogen) atoms. The van der Waals surface area contributed by atoms with Gasteiger partial charge in [0.05, 0.1) is 22.6 Å². The van der Waals surface area contributed by atoms with Crippen molar-refractivity contribution in [2.75, 3.05) is 5.32 Å². The van der Waals surface area contributed by atoms with Gasteiger partial charge in [0, 0.05) is 6.20 Å². The van der Waals surface area contributed by atoms with Crippen LogP contribution in [0.25, 0.3) is 11.4 Å². The van der Waals surface area contributed by atoms with E-state index in [0.717, 1.165) is 11.4 Å². The van der Waals surface area contributed by atoms with E-state index < -0.39 is 0 Å². The molecule has 2 heterocycles. The van der Waals surface area contributed by atoms with Gasteiger partial charge in [0.25, 0.3) is 5.91 Å². The van der Waals surface area contributed by atoms with Crippen LogP contribution in [0.1, 0.15) is 16.1 Å². The molecule has 0 atom stereocenters. The lowest BCUT2D eigenvalue weighted by Crippen LogP contribution is -2.15. The maximum atomic E-state index is 12.7. The molecule has 0 saturated carbocycles. The number of carbonyl (C=O) groups excluding carboxylic acids is 1. The summed E-state index contributed by atoms with van der Waals surface area (Å²) in [7, 11) is 0. The Bertz CT molecular complexity index is 1040. The van der Waals surface area contributed by atoms with E-state index in [-0.39, 0.29) is 5.91 Å². The Balaban J connectivity index is 1.61. The largest absolute Gasteiger partial charge is 0.290 e. The van der Waals surface area contributed by atoms with Crippen molar-refractivity contribution < 1.29 is 4.79 Å². The molecule has 1 amide bonds. The van der Waals surface area contributed by atoms with Crippen LogP contribution in [0, 0.1) is 6.92 Å². The van der Waals surface area contributed by atoms with Crippen molar-refractivity contribution in [3.05, 3.63) is 84.4 Å². The first-order chi connectivity index (χ1) is 12.7. The molecular weight excluding hydrogens is 328 g/mol. The van der Waals surface area contributed by atoms with Gasteiger partial charge in [0.1, 0.15) is 6.33 Å². The molecule has 0 aliphatic rings. The number of hydrogen-bond donors (Lipinski definition) is 1. The maximum absolute atomic E-state index is 12.7. The summed E-state index contributed by atoms with van der Waals surface area (Å²) in [4.78, 5) is 12.7. The van der Waals surface area contributed by atoms with Crippen LogP contribution in [0.3, 0.4) is 0 Å². The summed E-state index contributed by atoms with van der Waals surface area (Å²) in [6, 6.07) is 19.2. The fourth-order valence-corrected chi connectivity index (χ4v) is 2.66. The molecule has 4 rings (SSSR count). The molecule has 0 aliphatic heterocycles. The second-order valence-corrected chi connectivity index (χ2v) is 5.72. The molecule has 4 aromatic rings. The summed E-state index contributed by atoms with van der Waals surface area (Å²) in [6.07, 6.45) is 3.27. The quantitative estimate of drug-likeness (QED) is 0.617. The van der Waals surface area contributed by atoms with Crippen LogP contribution in [0.4, 0.5) is 5.95 Å². The van der Waals surface area contributed by atoms with E-state index in [1.54, 1.807) is 28.7 Å². The third-order valence-electron chi connectivity index (χ3n) is 3.97. The average Bonchev–Trinajstić information content (AvgIpc) is 3.30. The van der Waals surface area contributed by atoms with Gasteiger partial charge in [-0.2, -0.15) is 5.10 Å². The fourth-order valence-electron chi connectivity index (χ4n) is 2.66. The number of carbonyl (C=O) groups is 1. The number of anilines is 1. The number of aromatic nitrogens is 5. The summed E-state index contributed by atoms with van der Waals surface area (Å²) in [5, 5.41) is 15.1. The van der Waals surface area contributed by atoms with Crippen molar-refractivity contribution in [1.82, 2.24) is 24.5 Å². The van der Waals surface area contributed by atoms with Crippen LogP contribution in [0.2, 0.25) is 0 Å². The summed E-state index contributed by atoms with van der Waals surface area (Å²) >= 11 is 0. The van der Waals surface area contributed by atoms with Gasteiger partial charge >= 0.3 is 0 Å². The van der Waals surface area contributed by atoms with Gasteiger partial charge in [-0.05, 0) is 31.2 Å². The molecule has 0 saturated heterocycles. The second kappa shape index (κ2) is 6.64. The van der Waals surface area contributed by atoms with Crippen molar-refractivity contribution in [2.24, 2.45) is 0 Å². The number of benzene rings is 2. The van der Waals surface area contributed by atoms with Crippen molar-refractivity contribution >= 4 is 11.9 Å². The molecule has 2 aromatic carbocycles. The highest BCUT2D eigenvalue weighted by Crippen LogP contribution is 2.16. The minimum absolute atomic E-state index is 0.283. The zero-order valence-electron chi connectivity index (χ0n) is 14.1. The topological polar surface area (TPSA) is 77.6 Å². The zero-order valence-corrected chi connectivity index (χ0v) is 14.1. The fraction of sp³-hybridized carbons (Fsp3) is 0.0526. The van der Waals surface area contributed by atoms with E-state index in [2.05, 4.69) is 20.6 Å². The van der Waals surface area contributed by atoms with E-state index in [9.17, 15) is 4.79 Å². The van der Waals surface area contributed by atoms with Crippen LogP contribution in [0.5, 0.6) is 0 Å². The summed E-state index contributed by atoms with van der Waals surface area (Å²) in [6.45, 7) is 1.80. The Labute approximate surface area is 149 Å². The van der Waals surface area contributed by atoms with E-state index in [4.69, 9.17) is 0 Å². The van der Waals surface area contributed by atoms with Crippen LogP contribution >= 0.6 is 0 Å². The molecule has 1 N–H and O–H groups in total. The van der Waals surface area contributed by atoms with Crippen LogP contribution < -0.4 is 5.32 Å². The Morgan fingerprint density at radius 2 is 1.62 bits per heavy atom. The standard InChI is InChI=1S/C19H16N6O/c1-14-17(12-25(23-14)16-10-6-3-7-11-16)18(26)21-19-22-20-13-24(19)15-8-4-2-5-9-15/h2-13H,1H3,(H,21,22,26). The predicted octanol–water partition coefficient (Wildman–Crippen LogP) is 3.01. The smallest absolute Gasteiger partial charge is 0.261 e. The van der Waals surface area contributed by atoms with E-state index in [0.29, 0.717) is 17.2 Å². The highest BCUT2D eigenvalue weighted by molar-refractivity contribution is 6.04. The lowest BCUT2D eigenvalue weighted by atomic mass is 10.2. The first-order valence-electron chi connectivity index (χ1n) is 8.11. The summed E-state index contributed by atoms with van der Waals surface area (Å²) < 4.78 is 3.40. The number of hydrogen-bond acceptors (Lipinski definition) is 4. The first-order valence-corrected chi connectivity index (χ1v) is 8.11. The minimum Gasteiger partial charge on any atom is -0.290 e. The Morgan fingerprint density at radius 1 is 0.962 bits per heavy atom. The van der Waals surface area contributed by atoms with Gasteiger partial charge in [0.15, 0.2) is 0 Å². The zero-order chi connectivity index (χ0) is 17.9. The van der Waals surface area contributed by atoms with Crippen molar-refractivity contribution in [2.45, 2.75) is 6.92 Å². The molecular formula is C19H16N6O. The van der Waals surface area contributed by atoms with Crippen LogP contribution in [0.15, 0.2) is 73.2 Å². The van der Waals surface area contributed by atoms with E-state index >= 15 is 0 Å². The minimum atomic E-state index is -0.283. The molecule has 128 valence electrons. The Hall–Kier alpha value is -3.74. The van der Waals surface area contributed by atoms with Gasteiger partial charge < -0.3 is 0 Å². The SMILES string of the molecule is Cc1nn(-c2ccccc2)cc1C(=O)Nc1nncn1-c1ccccc1. The molecule has 0 fully saturated rings. The van der Waals surface area contributed by atoms with E-state index in [1.807, 2.05) is 60.7 Å². The predicted molar refractivity (Wildman–Crippen MR) is 97.6 cm³/mol. The molecule has 0 spiro atoms. The molecule has 0 radical (unpaired) electrons. The molecule has 2 aromatic heterocycles. The van der Waals surface area contributed by atoms with Crippen LogP contribution in [-0.4, -0.2) is 30.5 Å². The molecule has 0 aliphatic carbocycles. The number of para-hydroxylation sites is 2. The third kappa shape index (κ3) is 2.98. The highest BCUT2D eigenvalue weighted by Gasteiger charge is 2.17. The number of rotatable bonds is 4.